The van der Waals surface area contributed by atoms with Crippen LogP contribution in [0, 0.1) is 0 Å². The second-order valence-electron chi connectivity index (χ2n) is 1.34. The van der Waals surface area contributed by atoms with Gasteiger partial charge >= 0.3 is 0 Å². The van der Waals surface area contributed by atoms with Gasteiger partial charge < -0.3 is 4.18 Å². The van der Waals surface area contributed by atoms with Crippen molar-refractivity contribution in [3.8, 4) is 0 Å². The maximum atomic E-state index is 4.95. The zero-order valence-corrected chi connectivity index (χ0v) is 6.01. The third kappa shape index (κ3) is 6.40. The van der Waals surface area contributed by atoms with Crippen molar-refractivity contribution in [3.63, 3.8) is 0 Å². The molecule has 0 aromatic heterocycles. The predicted molar refractivity (Wildman–Crippen MR) is 37.5 cm³/mol. The van der Waals surface area contributed by atoms with E-state index >= 15 is 0 Å². The Hall–Kier alpha value is 0.400. The summed E-state index contributed by atoms with van der Waals surface area (Å²) < 4.78 is 6.45. The molecule has 0 fully saturated rings. The largest absolute Gasteiger partial charge is 0.307 e. The molecule has 0 N–H and O–H groups in total. The second-order valence-corrected chi connectivity index (χ2v) is 2.49. The fraction of sp³-hybridized carbons (Fsp3) is 0.750. The van der Waals surface area contributed by atoms with Crippen LogP contribution in [0.1, 0.15) is 13.8 Å². The Balaban J connectivity index is 2.81. The van der Waals surface area contributed by atoms with Crippen molar-refractivity contribution in [1.82, 2.24) is 0 Å². The minimum absolute atomic E-state index is 0.268. The first-order valence-electron chi connectivity index (χ1n) is 2.03. The number of hydrogen-bond acceptors (Lipinski definition) is 3. The monoisotopic (exact) mass is 136 g/mol. The van der Waals surface area contributed by atoms with Crippen LogP contribution in [0.25, 0.3) is 0 Å². The topological polar surface area (TPSA) is 9.23 Å². The van der Waals surface area contributed by atoms with Crippen LogP contribution in [0.3, 0.4) is 0 Å². The number of thiocarbonyl (C=S) groups is 1. The minimum Gasteiger partial charge on any atom is -0.307 e. The van der Waals surface area contributed by atoms with Gasteiger partial charge in [0.2, 0.25) is 0 Å². The molecular formula is C4H8OS2. The first kappa shape index (κ1) is 7.40. The summed E-state index contributed by atoms with van der Waals surface area (Å²) in [5.41, 5.74) is 0. The molecule has 0 heterocycles. The van der Waals surface area contributed by atoms with Crippen LogP contribution in [0.5, 0.6) is 0 Å². The van der Waals surface area contributed by atoms with E-state index in [9.17, 15) is 0 Å². The highest BCUT2D eigenvalue weighted by atomic mass is 32.2. The van der Waals surface area contributed by atoms with Crippen LogP contribution in [0.15, 0.2) is 0 Å². The van der Waals surface area contributed by atoms with Crippen molar-refractivity contribution >= 4 is 29.0 Å². The van der Waals surface area contributed by atoms with Gasteiger partial charge in [-0.3, -0.25) is 0 Å². The normalized spacial score (nSPS) is 9.57. The number of rotatable bonds is 3. The molecule has 0 radical (unpaired) electrons. The minimum atomic E-state index is 0.268. The molecule has 0 spiro atoms. The molecule has 0 aliphatic rings. The van der Waals surface area contributed by atoms with Crippen LogP contribution in [-0.2, 0) is 4.18 Å². The molecule has 0 saturated carbocycles. The summed E-state index contributed by atoms with van der Waals surface area (Å²) in [6, 6.07) is 0. The van der Waals surface area contributed by atoms with Gasteiger partial charge in [-0.05, 0) is 13.8 Å². The van der Waals surface area contributed by atoms with Gasteiger partial charge in [-0.15, -0.1) is 0 Å². The summed E-state index contributed by atoms with van der Waals surface area (Å²) in [5, 5.41) is 0. The Labute approximate surface area is 53.6 Å². The van der Waals surface area contributed by atoms with Gasteiger partial charge in [-0.1, -0.05) is 12.2 Å². The van der Waals surface area contributed by atoms with Crippen molar-refractivity contribution in [1.29, 1.82) is 0 Å². The molecule has 0 aromatic carbocycles. The van der Waals surface area contributed by atoms with E-state index in [2.05, 4.69) is 12.2 Å². The first-order chi connectivity index (χ1) is 3.27. The molecule has 0 unspecified atom stereocenters. The highest BCUT2D eigenvalue weighted by Gasteiger charge is 1.87. The van der Waals surface area contributed by atoms with E-state index < -0.39 is 0 Å². The zero-order valence-electron chi connectivity index (χ0n) is 4.38. The van der Waals surface area contributed by atoms with Crippen molar-refractivity contribution in [2.45, 2.75) is 20.0 Å². The van der Waals surface area contributed by atoms with E-state index in [-0.39, 0.29) is 6.10 Å². The summed E-state index contributed by atoms with van der Waals surface area (Å²) in [5.74, 6) is 0. The molecule has 0 atom stereocenters. The summed E-state index contributed by atoms with van der Waals surface area (Å²) in [6.45, 7) is 3.93. The van der Waals surface area contributed by atoms with Crippen LogP contribution in [-0.4, -0.2) is 10.8 Å². The van der Waals surface area contributed by atoms with Gasteiger partial charge in [0.25, 0.3) is 0 Å². The second kappa shape index (κ2) is 4.56. The van der Waals surface area contributed by atoms with Crippen molar-refractivity contribution in [2.24, 2.45) is 0 Å². The fourth-order valence-electron chi connectivity index (χ4n) is 0.134. The lowest BCUT2D eigenvalue weighted by atomic mass is 10.5. The van der Waals surface area contributed by atoms with Crippen LogP contribution in [0.2, 0.25) is 0 Å². The smallest absolute Gasteiger partial charge is 0.0670 e. The number of hydrogen-bond donors (Lipinski definition) is 0. The highest BCUT2D eigenvalue weighted by molar-refractivity contribution is 8.17. The Morgan fingerprint density at radius 2 is 2.29 bits per heavy atom. The van der Waals surface area contributed by atoms with Gasteiger partial charge in [-0.2, -0.15) is 0 Å². The SMILES string of the molecule is CC(C)OSC=S. The third-order valence-electron chi connectivity index (χ3n) is 0.287. The van der Waals surface area contributed by atoms with E-state index in [1.165, 1.54) is 16.7 Å². The maximum Gasteiger partial charge on any atom is 0.0670 e. The van der Waals surface area contributed by atoms with E-state index in [4.69, 9.17) is 4.18 Å². The molecule has 1 nitrogen and oxygen atoms in total. The summed E-state index contributed by atoms with van der Waals surface area (Å²) in [7, 11) is 0. The Bertz CT molecular complexity index is 53.7. The molecule has 0 aromatic rings. The van der Waals surface area contributed by atoms with Crippen LogP contribution in [0.4, 0.5) is 0 Å². The first-order valence-corrected chi connectivity index (χ1v) is 3.30. The van der Waals surface area contributed by atoms with Gasteiger partial charge in [0.05, 0.1) is 10.8 Å². The van der Waals surface area contributed by atoms with E-state index in [1.54, 1.807) is 0 Å². The highest BCUT2D eigenvalue weighted by Crippen LogP contribution is 2.01. The van der Waals surface area contributed by atoms with Gasteiger partial charge in [0, 0.05) is 12.0 Å². The quantitative estimate of drug-likeness (QED) is 0.434. The third-order valence-corrected chi connectivity index (χ3v) is 1.10. The van der Waals surface area contributed by atoms with Crippen LogP contribution >= 0.6 is 24.3 Å². The molecule has 0 aliphatic carbocycles. The molecule has 0 amide bonds. The zero-order chi connectivity index (χ0) is 5.70. The maximum absolute atomic E-state index is 4.95. The van der Waals surface area contributed by atoms with E-state index in [0.29, 0.717) is 0 Å². The summed E-state index contributed by atoms with van der Waals surface area (Å²) in [4.78, 5) is 0. The molecule has 0 bridgehead atoms. The molecule has 42 valence electrons. The lowest BCUT2D eigenvalue weighted by Crippen LogP contribution is -1.92. The van der Waals surface area contributed by atoms with E-state index in [1.807, 2.05) is 13.8 Å². The average molecular weight is 136 g/mol. The van der Waals surface area contributed by atoms with E-state index in [0.717, 1.165) is 0 Å². The Morgan fingerprint density at radius 1 is 1.71 bits per heavy atom. The standard InChI is InChI=1S/C4H8OS2/c1-4(2)5-7-3-6/h3-4H,1-2H3. The van der Waals surface area contributed by atoms with Crippen molar-refractivity contribution < 1.29 is 4.18 Å². The molecule has 0 rings (SSSR count). The fourth-order valence-corrected chi connectivity index (χ4v) is 0.537. The Kier molecular flexibility index (Phi) is 4.82. The van der Waals surface area contributed by atoms with Gasteiger partial charge in [-0.25, -0.2) is 0 Å². The van der Waals surface area contributed by atoms with Gasteiger partial charge in [0.15, 0.2) is 0 Å². The summed E-state index contributed by atoms with van der Waals surface area (Å²) in [6.07, 6.45) is 0.268. The molecular weight excluding hydrogens is 128 g/mol. The van der Waals surface area contributed by atoms with Crippen LogP contribution < -0.4 is 0 Å². The van der Waals surface area contributed by atoms with Crippen molar-refractivity contribution in [2.75, 3.05) is 0 Å². The van der Waals surface area contributed by atoms with Gasteiger partial charge in [0.1, 0.15) is 0 Å². The van der Waals surface area contributed by atoms with Crippen molar-refractivity contribution in [3.05, 3.63) is 0 Å². The summed E-state index contributed by atoms with van der Waals surface area (Å²) >= 11 is 5.69. The lowest BCUT2D eigenvalue weighted by Gasteiger charge is -1.98. The Morgan fingerprint density at radius 3 is 2.43 bits per heavy atom. The molecule has 3 heteroatoms. The lowest BCUT2D eigenvalue weighted by molar-refractivity contribution is 0.293. The molecule has 7 heavy (non-hydrogen) atoms. The average Bonchev–Trinajstić information content (AvgIpc) is 1.61. The predicted octanol–water partition coefficient (Wildman–Crippen LogP) is 2.02. The molecule has 0 saturated heterocycles. The molecule has 0 aliphatic heterocycles.